The molecule has 0 saturated heterocycles. The van der Waals surface area contributed by atoms with E-state index in [1.165, 1.54) is 25.7 Å². The maximum Gasteiger partial charge on any atom is 0.0555 e. The zero-order chi connectivity index (χ0) is 11.3. The van der Waals surface area contributed by atoms with Gasteiger partial charge >= 0.3 is 0 Å². The van der Waals surface area contributed by atoms with Gasteiger partial charge in [0.15, 0.2) is 0 Å². The minimum atomic E-state index is 0.381. The molecule has 15 heavy (non-hydrogen) atoms. The maximum absolute atomic E-state index is 5.84. The van der Waals surface area contributed by atoms with Gasteiger partial charge < -0.3 is 4.74 Å². The highest BCUT2D eigenvalue weighted by molar-refractivity contribution is 5.18. The van der Waals surface area contributed by atoms with Crippen molar-refractivity contribution in [3.63, 3.8) is 0 Å². The van der Waals surface area contributed by atoms with E-state index in [9.17, 15) is 0 Å². The van der Waals surface area contributed by atoms with Crippen molar-refractivity contribution in [1.29, 1.82) is 0 Å². The summed E-state index contributed by atoms with van der Waals surface area (Å²) in [4.78, 5) is 0. The average Bonchev–Trinajstić information content (AvgIpc) is 1.90. The lowest BCUT2D eigenvalue weighted by Crippen LogP contribution is -2.64. The summed E-state index contributed by atoms with van der Waals surface area (Å²) >= 11 is 0. The fourth-order valence-corrected chi connectivity index (χ4v) is 4.04. The van der Waals surface area contributed by atoms with Gasteiger partial charge in [0.2, 0.25) is 0 Å². The Morgan fingerprint density at radius 1 is 1.00 bits per heavy atom. The predicted octanol–water partition coefficient (Wildman–Crippen LogP) is 4.02. The molecular weight excluding hydrogens is 184 g/mol. The SMILES string of the molecule is CC(C)O[C@H](C)CC12CC(C(C)C)(C1)C2. The third-order valence-electron chi connectivity index (χ3n) is 4.63. The second-order valence-corrected chi connectivity index (χ2v) is 6.75. The first-order valence-electron chi connectivity index (χ1n) is 6.53. The summed E-state index contributed by atoms with van der Waals surface area (Å²) < 4.78 is 5.84. The lowest BCUT2D eigenvalue weighted by Gasteiger charge is -2.74. The van der Waals surface area contributed by atoms with Crippen LogP contribution in [-0.2, 0) is 4.74 Å². The Kier molecular flexibility index (Phi) is 2.65. The van der Waals surface area contributed by atoms with Crippen LogP contribution in [-0.4, -0.2) is 12.2 Å². The highest BCUT2D eigenvalue weighted by Gasteiger charge is 2.68. The van der Waals surface area contributed by atoms with E-state index in [1.54, 1.807) is 0 Å². The molecule has 1 nitrogen and oxygen atoms in total. The van der Waals surface area contributed by atoms with Crippen LogP contribution in [0.2, 0.25) is 0 Å². The quantitative estimate of drug-likeness (QED) is 0.666. The molecule has 3 aliphatic carbocycles. The van der Waals surface area contributed by atoms with E-state index in [-0.39, 0.29) is 0 Å². The molecule has 0 spiro atoms. The topological polar surface area (TPSA) is 9.23 Å². The van der Waals surface area contributed by atoms with Gasteiger partial charge in [-0.1, -0.05) is 13.8 Å². The second-order valence-electron chi connectivity index (χ2n) is 6.75. The van der Waals surface area contributed by atoms with E-state index in [4.69, 9.17) is 4.74 Å². The van der Waals surface area contributed by atoms with Gasteiger partial charge in [0.05, 0.1) is 12.2 Å². The van der Waals surface area contributed by atoms with Crippen LogP contribution in [0.25, 0.3) is 0 Å². The van der Waals surface area contributed by atoms with Gasteiger partial charge in [0.1, 0.15) is 0 Å². The van der Waals surface area contributed by atoms with Crippen LogP contribution in [0, 0.1) is 16.7 Å². The molecule has 1 heteroatoms. The monoisotopic (exact) mass is 210 g/mol. The number of hydrogen-bond donors (Lipinski definition) is 0. The van der Waals surface area contributed by atoms with Crippen molar-refractivity contribution in [2.75, 3.05) is 0 Å². The van der Waals surface area contributed by atoms with Crippen LogP contribution in [0.5, 0.6) is 0 Å². The van der Waals surface area contributed by atoms with E-state index in [1.807, 2.05) is 0 Å². The van der Waals surface area contributed by atoms with Gasteiger partial charge in [-0.2, -0.15) is 0 Å². The maximum atomic E-state index is 5.84. The molecule has 0 amide bonds. The van der Waals surface area contributed by atoms with Crippen molar-refractivity contribution in [3.05, 3.63) is 0 Å². The summed E-state index contributed by atoms with van der Waals surface area (Å²) in [6, 6.07) is 0. The number of hydrogen-bond acceptors (Lipinski definition) is 1. The van der Waals surface area contributed by atoms with Gasteiger partial charge in [0.25, 0.3) is 0 Å². The first-order valence-corrected chi connectivity index (χ1v) is 6.53. The minimum absolute atomic E-state index is 0.381. The van der Waals surface area contributed by atoms with E-state index < -0.39 is 0 Å². The molecule has 0 heterocycles. The molecule has 88 valence electrons. The van der Waals surface area contributed by atoms with Crippen molar-refractivity contribution in [2.24, 2.45) is 16.7 Å². The van der Waals surface area contributed by atoms with E-state index in [0.717, 1.165) is 11.3 Å². The van der Waals surface area contributed by atoms with Gasteiger partial charge in [0, 0.05) is 0 Å². The number of rotatable bonds is 5. The minimum Gasteiger partial charge on any atom is -0.376 e. The molecule has 1 atom stereocenters. The summed E-state index contributed by atoms with van der Waals surface area (Å²) in [7, 11) is 0. The summed E-state index contributed by atoms with van der Waals surface area (Å²) in [6.07, 6.45) is 6.55. The zero-order valence-electron chi connectivity index (χ0n) is 11.0. The number of ether oxygens (including phenoxy) is 1. The molecule has 3 saturated carbocycles. The molecule has 3 aliphatic rings. The smallest absolute Gasteiger partial charge is 0.0555 e. The first-order chi connectivity index (χ1) is 6.88. The van der Waals surface area contributed by atoms with Crippen LogP contribution in [0.4, 0.5) is 0 Å². The molecule has 0 radical (unpaired) electrons. The van der Waals surface area contributed by atoms with Gasteiger partial charge in [-0.3, -0.25) is 0 Å². The van der Waals surface area contributed by atoms with Crippen LogP contribution < -0.4 is 0 Å². The standard InChI is InChI=1S/C14H26O/c1-10(2)14-7-13(8-14,9-14)6-12(5)15-11(3)4/h10-12H,6-9H2,1-5H3/t12-,13?,14?/m1/s1. The largest absolute Gasteiger partial charge is 0.376 e. The third kappa shape index (κ3) is 1.84. The van der Waals surface area contributed by atoms with Gasteiger partial charge in [-0.15, -0.1) is 0 Å². The summed E-state index contributed by atoms with van der Waals surface area (Å²) in [5.41, 5.74) is 1.44. The Labute approximate surface area is 94.6 Å². The van der Waals surface area contributed by atoms with Gasteiger partial charge in [-0.25, -0.2) is 0 Å². The average molecular weight is 210 g/mol. The fourth-order valence-electron chi connectivity index (χ4n) is 4.04. The molecule has 0 aromatic heterocycles. The Hall–Kier alpha value is -0.0400. The van der Waals surface area contributed by atoms with E-state index in [0.29, 0.717) is 17.6 Å². The highest BCUT2D eigenvalue weighted by Crippen LogP contribution is 2.77. The van der Waals surface area contributed by atoms with E-state index >= 15 is 0 Å². The van der Waals surface area contributed by atoms with Crippen LogP contribution in [0.3, 0.4) is 0 Å². The Morgan fingerprint density at radius 2 is 1.53 bits per heavy atom. The van der Waals surface area contributed by atoms with Crippen LogP contribution in [0.15, 0.2) is 0 Å². The highest BCUT2D eigenvalue weighted by atomic mass is 16.5. The van der Waals surface area contributed by atoms with Crippen LogP contribution in [0.1, 0.15) is 60.3 Å². The molecule has 0 aliphatic heterocycles. The van der Waals surface area contributed by atoms with Crippen molar-refractivity contribution in [3.8, 4) is 0 Å². The molecule has 0 N–H and O–H groups in total. The molecule has 0 aromatic carbocycles. The van der Waals surface area contributed by atoms with Crippen LogP contribution >= 0.6 is 0 Å². The normalized spacial score (nSPS) is 40.2. The van der Waals surface area contributed by atoms with Crippen molar-refractivity contribution < 1.29 is 4.74 Å². The van der Waals surface area contributed by atoms with Crippen molar-refractivity contribution >= 4 is 0 Å². The molecule has 3 fully saturated rings. The lowest BCUT2D eigenvalue weighted by molar-refractivity contribution is -0.245. The first kappa shape index (κ1) is 11.4. The van der Waals surface area contributed by atoms with Crippen molar-refractivity contribution in [1.82, 2.24) is 0 Å². The summed E-state index contributed by atoms with van der Waals surface area (Å²) in [5, 5.41) is 0. The predicted molar refractivity (Wildman–Crippen MR) is 63.9 cm³/mol. The Bertz CT molecular complexity index is 222. The zero-order valence-corrected chi connectivity index (χ0v) is 11.0. The van der Waals surface area contributed by atoms with E-state index in [2.05, 4.69) is 34.6 Å². The van der Waals surface area contributed by atoms with Gasteiger partial charge in [-0.05, 0) is 63.2 Å². The molecule has 3 rings (SSSR count). The summed E-state index contributed by atoms with van der Waals surface area (Å²) in [5.74, 6) is 0.890. The summed E-state index contributed by atoms with van der Waals surface area (Å²) in [6.45, 7) is 11.3. The lowest BCUT2D eigenvalue weighted by atomic mass is 9.31. The Morgan fingerprint density at radius 3 is 1.93 bits per heavy atom. The molecule has 0 aromatic rings. The fraction of sp³-hybridized carbons (Fsp3) is 1.00. The second kappa shape index (κ2) is 3.48. The van der Waals surface area contributed by atoms with Crippen molar-refractivity contribution in [2.45, 2.75) is 72.5 Å². The molecule has 0 unspecified atom stereocenters. The Balaban J connectivity index is 1.76. The molecule has 2 bridgehead atoms. The molecular formula is C14H26O. The third-order valence-corrected chi connectivity index (χ3v) is 4.63.